The minimum Gasteiger partial charge on any atom is -0.382 e. The summed E-state index contributed by atoms with van der Waals surface area (Å²) in [6.07, 6.45) is -2.44. The summed E-state index contributed by atoms with van der Waals surface area (Å²) in [6, 6.07) is 7.43. The molecular formula is C23H29F3N6OS. The first-order valence-electron chi connectivity index (χ1n) is 11.4. The van der Waals surface area contributed by atoms with E-state index in [4.69, 9.17) is 0 Å². The molecule has 4 rings (SSSR count). The number of anilines is 1. The Morgan fingerprint density at radius 2 is 1.97 bits per heavy atom. The van der Waals surface area contributed by atoms with Crippen LogP contribution >= 0.6 is 11.3 Å². The van der Waals surface area contributed by atoms with Gasteiger partial charge in [-0.1, -0.05) is 31.3 Å². The fraction of sp³-hybridized carbons (Fsp3) is 0.522. The van der Waals surface area contributed by atoms with Crippen molar-refractivity contribution in [3.8, 4) is 10.7 Å². The van der Waals surface area contributed by atoms with Gasteiger partial charge in [0.1, 0.15) is 11.6 Å². The summed E-state index contributed by atoms with van der Waals surface area (Å²) < 4.78 is 41.8. The highest BCUT2D eigenvalue weighted by atomic mass is 32.1. The molecule has 0 atom stereocenters. The molecule has 0 bridgehead atoms. The first-order valence-corrected chi connectivity index (χ1v) is 12.2. The monoisotopic (exact) mass is 494 g/mol. The van der Waals surface area contributed by atoms with Gasteiger partial charge in [-0.2, -0.15) is 13.2 Å². The van der Waals surface area contributed by atoms with E-state index in [1.165, 1.54) is 15.9 Å². The molecule has 7 nitrogen and oxygen atoms in total. The Balaban J connectivity index is 1.67. The van der Waals surface area contributed by atoms with Crippen LogP contribution < -0.4 is 10.6 Å². The zero-order valence-corrected chi connectivity index (χ0v) is 20.3. The Kier molecular flexibility index (Phi) is 7.13. The Morgan fingerprint density at radius 1 is 1.24 bits per heavy atom. The second-order valence-electron chi connectivity index (χ2n) is 9.06. The third kappa shape index (κ3) is 5.69. The van der Waals surface area contributed by atoms with Crippen molar-refractivity contribution in [3.05, 3.63) is 29.3 Å². The average Bonchev–Trinajstić information content (AvgIpc) is 3.38. The number of halogens is 3. The number of nitrogens with one attached hydrogen (secondary N) is 2. The van der Waals surface area contributed by atoms with Crippen molar-refractivity contribution in [1.82, 2.24) is 25.0 Å². The van der Waals surface area contributed by atoms with E-state index in [0.29, 0.717) is 21.2 Å². The summed E-state index contributed by atoms with van der Waals surface area (Å²) in [7, 11) is 2.09. The number of nitrogens with zero attached hydrogens (tertiary/aromatic N) is 4. The predicted molar refractivity (Wildman–Crippen MR) is 128 cm³/mol. The van der Waals surface area contributed by atoms with Gasteiger partial charge in [-0.05, 0) is 51.2 Å². The molecule has 3 heterocycles. The summed E-state index contributed by atoms with van der Waals surface area (Å²) in [5.41, 5.74) is 1.68. The SMILES string of the molecule is CC(C)C(=O)NCc1nnc(-c2cc3c(NC4CCN(C)CC4)cccc3n2CC(F)(F)F)s1. The number of rotatable bonds is 7. The van der Waals surface area contributed by atoms with Crippen molar-refractivity contribution in [2.24, 2.45) is 5.92 Å². The lowest BCUT2D eigenvalue weighted by Crippen LogP contribution is -2.36. The summed E-state index contributed by atoms with van der Waals surface area (Å²) in [4.78, 5) is 14.1. The van der Waals surface area contributed by atoms with Gasteiger partial charge in [0, 0.05) is 23.0 Å². The number of carbonyl (C=O) groups is 1. The van der Waals surface area contributed by atoms with Crippen LogP contribution in [-0.2, 0) is 17.9 Å². The van der Waals surface area contributed by atoms with Crippen LogP contribution in [0, 0.1) is 5.92 Å². The molecule has 2 aromatic heterocycles. The van der Waals surface area contributed by atoms with E-state index >= 15 is 0 Å². The number of likely N-dealkylation sites (tertiary alicyclic amines) is 1. The van der Waals surface area contributed by atoms with Crippen molar-refractivity contribution in [3.63, 3.8) is 0 Å². The maximum atomic E-state index is 13.5. The van der Waals surface area contributed by atoms with Gasteiger partial charge >= 0.3 is 6.18 Å². The van der Waals surface area contributed by atoms with Gasteiger partial charge in [0.05, 0.1) is 17.8 Å². The second kappa shape index (κ2) is 9.91. The van der Waals surface area contributed by atoms with Crippen LogP contribution in [0.5, 0.6) is 0 Å². The van der Waals surface area contributed by atoms with Gasteiger partial charge in [0.2, 0.25) is 5.91 Å². The lowest BCUT2D eigenvalue weighted by molar-refractivity contribution is -0.139. The van der Waals surface area contributed by atoms with Crippen LogP contribution in [0.15, 0.2) is 24.3 Å². The number of amides is 1. The molecule has 3 aromatic rings. The zero-order chi connectivity index (χ0) is 24.5. The molecular weight excluding hydrogens is 465 g/mol. The number of fused-ring (bicyclic) bond motifs is 1. The minimum absolute atomic E-state index is 0.118. The maximum Gasteiger partial charge on any atom is 0.406 e. The van der Waals surface area contributed by atoms with Gasteiger partial charge in [-0.15, -0.1) is 10.2 Å². The van der Waals surface area contributed by atoms with Crippen molar-refractivity contribution < 1.29 is 18.0 Å². The third-order valence-electron chi connectivity index (χ3n) is 5.99. The Labute approximate surface area is 200 Å². The molecule has 1 amide bonds. The number of alkyl halides is 3. The molecule has 0 spiro atoms. The molecule has 1 saturated heterocycles. The molecule has 1 aromatic carbocycles. The lowest BCUT2D eigenvalue weighted by Gasteiger charge is -2.30. The second-order valence-corrected chi connectivity index (χ2v) is 10.1. The Morgan fingerprint density at radius 3 is 2.65 bits per heavy atom. The molecule has 1 fully saturated rings. The van der Waals surface area contributed by atoms with E-state index in [1.54, 1.807) is 32.0 Å². The standard InChI is InChI=1S/C23H29F3N6OS/c1-14(2)21(33)27-12-20-29-30-22(34-20)19-11-16-17(28-15-7-9-31(3)10-8-15)5-4-6-18(16)32(19)13-23(24,25)26/h4-6,11,14-15,28H,7-10,12-13H2,1-3H3,(H,27,33). The van der Waals surface area contributed by atoms with Gasteiger partial charge in [-0.3, -0.25) is 4.79 Å². The van der Waals surface area contributed by atoms with Crippen molar-refractivity contribution in [1.29, 1.82) is 0 Å². The normalized spacial score (nSPS) is 15.9. The van der Waals surface area contributed by atoms with E-state index in [2.05, 4.69) is 32.8 Å². The van der Waals surface area contributed by atoms with Gasteiger partial charge in [0.25, 0.3) is 0 Å². The number of benzene rings is 1. The summed E-state index contributed by atoms with van der Waals surface area (Å²) in [5, 5.41) is 16.2. The van der Waals surface area contributed by atoms with Crippen LogP contribution in [0.25, 0.3) is 21.6 Å². The number of carbonyl (C=O) groups excluding carboxylic acids is 1. The fourth-order valence-electron chi connectivity index (χ4n) is 4.11. The van der Waals surface area contributed by atoms with E-state index in [-0.39, 0.29) is 24.4 Å². The molecule has 0 saturated carbocycles. The van der Waals surface area contributed by atoms with Crippen molar-refractivity contribution in [2.45, 2.75) is 52.0 Å². The number of hydrogen-bond donors (Lipinski definition) is 2. The highest BCUT2D eigenvalue weighted by molar-refractivity contribution is 7.14. The van der Waals surface area contributed by atoms with E-state index < -0.39 is 12.7 Å². The molecule has 1 aliphatic rings. The first-order chi connectivity index (χ1) is 16.1. The number of aromatic nitrogens is 3. The largest absolute Gasteiger partial charge is 0.406 e. The Hall–Kier alpha value is -2.66. The van der Waals surface area contributed by atoms with Crippen LogP contribution in [0.1, 0.15) is 31.7 Å². The number of hydrogen-bond acceptors (Lipinski definition) is 6. The lowest BCUT2D eigenvalue weighted by atomic mass is 10.0. The molecule has 0 unspecified atom stereocenters. The van der Waals surface area contributed by atoms with Gasteiger partial charge in [-0.25, -0.2) is 0 Å². The summed E-state index contributed by atoms with van der Waals surface area (Å²) in [5.74, 6) is -0.287. The summed E-state index contributed by atoms with van der Waals surface area (Å²) in [6.45, 7) is 4.60. The van der Waals surface area contributed by atoms with Crippen molar-refractivity contribution >= 4 is 33.8 Å². The molecule has 34 heavy (non-hydrogen) atoms. The van der Waals surface area contributed by atoms with E-state index in [1.807, 2.05) is 6.07 Å². The zero-order valence-electron chi connectivity index (χ0n) is 19.4. The maximum absolute atomic E-state index is 13.5. The quantitative estimate of drug-likeness (QED) is 0.506. The summed E-state index contributed by atoms with van der Waals surface area (Å²) >= 11 is 1.19. The van der Waals surface area contributed by atoms with Crippen LogP contribution in [0.4, 0.5) is 18.9 Å². The topological polar surface area (TPSA) is 75.1 Å². The van der Waals surface area contributed by atoms with E-state index in [0.717, 1.165) is 37.0 Å². The van der Waals surface area contributed by atoms with Gasteiger partial charge in [0.15, 0.2) is 5.01 Å². The van der Waals surface area contributed by atoms with Crippen molar-refractivity contribution in [2.75, 3.05) is 25.5 Å². The fourth-order valence-corrected chi connectivity index (χ4v) is 4.91. The van der Waals surface area contributed by atoms with Crippen LogP contribution in [0.3, 0.4) is 0 Å². The first kappa shape index (κ1) is 24.5. The van der Waals surface area contributed by atoms with Crippen LogP contribution in [0.2, 0.25) is 0 Å². The van der Waals surface area contributed by atoms with Gasteiger partial charge < -0.3 is 20.1 Å². The smallest absolute Gasteiger partial charge is 0.382 e. The minimum atomic E-state index is -4.39. The highest BCUT2D eigenvalue weighted by Crippen LogP contribution is 2.36. The number of piperidine rings is 1. The molecule has 0 aliphatic carbocycles. The predicted octanol–water partition coefficient (Wildman–Crippen LogP) is 4.50. The molecule has 11 heteroatoms. The third-order valence-corrected chi connectivity index (χ3v) is 6.93. The average molecular weight is 495 g/mol. The van der Waals surface area contributed by atoms with E-state index in [9.17, 15) is 18.0 Å². The Bertz CT molecular complexity index is 1150. The highest BCUT2D eigenvalue weighted by Gasteiger charge is 2.31. The molecule has 2 N–H and O–H groups in total. The molecule has 184 valence electrons. The molecule has 1 aliphatic heterocycles. The van der Waals surface area contributed by atoms with Crippen LogP contribution in [-0.4, -0.2) is 57.9 Å². The molecule has 0 radical (unpaired) electrons.